The molecule has 0 bridgehead atoms. The first-order chi connectivity index (χ1) is 6.09. The van der Waals surface area contributed by atoms with Crippen LogP contribution in [0, 0.1) is 5.82 Å². The van der Waals surface area contributed by atoms with Gasteiger partial charge in [-0.1, -0.05) is 11.6 Å². The summed E-state index contributed by atoms with van der Waals surface area (Å²) in [6, 6.07) is 3.83. The van der Waals surface area contributed by atoms with E-state index in [0.29, 0.717) is 5.02 Å². The second-order valence-electron chi connectivity index (χ2n) is 2.20. The minimum atomic E-state index is -2.64. The summed E-state index contributed by atoms with van der Waals surface area (Å²) >= 11 is 2.92. The first-order valence-electron chi connectivity index (χ1n) is 3.26. The Morgan fingerprint density at radius 2 is 2.31 bits per heavy atom. The summed E-state index contributed by atoms with van der Waals surface area (Å²) in [5.41, 5.74) is 0.108. The lowest BCUT2D eigenvalue weighted by Crippen LogP contribution is -1.98. The third-order valence-corrected chi connectivity index (χ3v) is 1.86. The number of halogens is 2. The highest BCUT2D eigenvalue weighted by Gasteiger charge is 2.02. The molecule has 0 N–H and O–H groups in total. The van der Waals surface area contributed by atoms with Crippen molar-refractivity contribution in [3.8, 4) is 0 Å². The van der Waals surface area contributed by atoms with Gasteiger partial charge in [0.1, 0.15) is 5.82 Å². The quantitative estimate of drug-likeness (QED) is 0.734. The van der Waals surface area contributed by atoms with E-state index in [-0.39, 0.29) is 12.2 Å². The topological polar surface area (TPSA) is 49.4 Å². The van der Waals surface area contributed by atoms with E-state index in [0.717, 1.165) is 6.07 Å². The molecule has 1 aromatic carbocycles. The normalized spacial score (nSPS) is 12.8. The van der Waals surface area contributed by atoms with Gasteiger partial charge in [-0.25, -0.2) is 8.60 Å². The first-order valence-corrected chi connectivity index (χ1v) is 4.64. The molecule has 0 aliphatic carbocycles. The van der Waals surface area contributed by atoms with Crippen LogP contribution in [0.5, 0.6) is 0 Å². The third-order valence-electron chi connectivity index (χ3n) is 1.32. The van der Waals surface area contributed by atoms with E-state index >= 15 is 0 Å². The highest BCUT2D eigenvalue weighted by molar-refractivity contribution is 7.74. The summed E-state index contributed by atoms with van der Waals surface area (Å²) in [6.45, 7) is -0.345. The highest BCUT2D eigenvalue weighted by Crippen LogP contribution is 2.15. The highest BCUT2D eigenvalue weighted by atomic mass is 35.5. The fourth-order valence-electron chi connectivity index (χ4n) is 0.766. The molecule has 6 heteroatoms. The maximum atomic E-state index is 12.9. The average Bonchev–Trinajstić information content (AvgIpc) is 2.06. The van der Waals surface area contributed by atoms with Gasteiger partial charge in [0, 0.05) is 10.6 Å². The molecule has 0 saturated heterocycles. The number of benzene rings is 1. The van der Waals surface area contributed by atoms with E-state index in [1.54, 1.807) is 0 Å². The Morgan fingerprint density at radius 1 is 1.62 bits per heavy atom. The van der Waals surface area contributed by atoms with Gasteiger partial charge in [-0.3, -0.25) is 4.18 Å². The SMILES string of the molecule is O=S([O-])OCc1cc(Cl)ccc1F. The van der Waals surface area contributed by atoms with Crippen molar-refractivity contribution < 1.29 is 17.3 Å². The second kappa shape index (κ2) is 4.66. The minimum Gasteiger partial charge on any atom is -0.750 e. The zero-order valence-corrected chi connectivity index (χ0v) is 7.90. The Morgan fingerprint density at radius 3 is 2.92 bits per heavy atom. The van der Waals surface area contributed by atoms with Crippen LogP contribution >= 0.6 is 11.6 Å². The van der Waals surface area contributed by atoms with Gasteiger partial charge in [-0.2, -0.15) is 0 Å². The molecule has 0 fully saturated rings. The average molecular weight is 224 g/mol. The second-order valence-corrected chi connectivity index (χ2v) is 3.28. The lowest BCUT2D eigenvalue weighted by Gasteiger charge is -2.06. The molecule has 0 amide bonds. The Hall–Kier alpha value is -0.490. The van der Waals surface area contributed by atoms with Crippen molar-refractivity contribution in [2.75, 3.05) is 0 Å². The lowest BCUT2D eigenvalue weighted by atomic mass is 10.2. The molecule has 13 heavy (non-hydrogen) atoms. The lowest BCUT2D eigenvalue weighted by molar-refractivity contribution is 0.286. The Kier molecular flexibility index (Phi) is 3.80. The van der Waals surface area contributed by atoms with Crippen LogP contribution in [0.3, 0.4) is 0 Å². The van der Waals surface area contributed by atoms with Crippen LogP contribution in [0.25, 0.3) is 0 Å². The zero-order chi connectivity index (χ0) is 9.84. The zero-order valence-electron chi connectivity index (χ0n) is 6.33. The molecular weight excluding hydrogens is 219 g/mol. The van der Waals surface area contributed by atoms with Gasteiger partial charge in [0.2, 0.25) is 0 Å². The van der Waals surface area contributed by atoms with Crippen LogP contribution in [-0.2, 0) is 22.2 Å². The molecule has 1 aromatic rings. The van der Waals surface area contributed by atoms with Gasteiger partial charge in [-0.05, 0) is 18.2 Å². The van der Waals surface area contributed by atoms with Gasteiger partial charge in [0.05, 0.1) is 18.0 Å². The van der Waals surface area contributed by atoms with Crippen molar-refractivity contribution in [2.45, 2.75) is 6.61 Å². The van der Waals surface area contributed by atoms with Gasteiger partial charge in [-0.15, -0.1) is 0 Å². The van der Waals surface area contributed by atoms with Crippen molar-refractivity contribution in [3.05, 3.63) is 34.6 Å². The Balaban J connectivity index is 2.75. The fourth-order valence-corrected chi connectivity index (χ4v) is 1.18. The molecule has 0 aliphatic rings. The van der Waals surface area contributed by atoms with Gasteiger partial charge in [0.15, 0.2) is 0 Å². The van der Waals surface area contributed by atoms with Crippen molar-refractivity contribution in [2.24, 2.45) is 0 Å². The van der Waals surface area contributed by atoms with E-state index in [1.165, 1.54) is 12.1 Å². The van der Waals surface area contributed by atoms with Crippen LogP contribution in [-0.4, -0.2) is 8.76 Å². The summed E-state index contributed by atoms with van der Waals surface area (Å²) in [5.74, 6) is -0.546. The molecule has 1 atom stereocenters. The van der Waals surface area contributed by atoms with Gasteiger partial charge >= 0.3 is 0 Å². The van der Waals surface area contributed by atoms with Crippen LogP contribution in [0.4, 0.5) is 4.39 Å². The standard InChI is InChI=1S/C7H6ClFO3S/c8-6-1-2-7(9)5(3-6)4-12-13(10)11/h1-3H,4H2,(H,10,11)/p-1. The molecule has 0 saturated carbocycles. The smallest absolute Gasteiger partial charge is 0.128 e. The molecular formula is C7H5ClFO3S-. The monoisotopic (exact) mass is 223 g/mol. The van der Waals surface area contributed by atoms with Gasteiger partial charge in [0.25, 0.3) is 0 Å². The molecule has 1 rings (SSSR count). The summed E-state index contributed by atoms with van der Waals surface area (Å²) in [6.07, 6.45) is 0. The summed E-state index contributed by atoms with van der Waals surface area (Å²) in [5, 5.41) is 0.330. The molecule has 0 aromatic heterocycles. The number of hydrogen-bond donors (Lipinski definition) is 0. The van der Waals surface area contributed by atoms with E-state index in [2.05, 4.69) is 4.18 Å². The maximum Gasteiger partial charge on any atom is 0.128 e. The van der Waals surface area contributed by atoms with Crippen LogP contribution in [0.15, 0.2) is 18.2 Å². The van der Waals surface area contributed by atoms with Crippen LogP contribution in [0.1, 0.15) is 5.56 Å². The first kappa shape index (κ1) is 10.6. The van der Waals surface area contributed by atoms with E-state index in [9.17, 15) is 13.2 Å². The summed E-state index contributed by atoms with van der Waals surface area (Å²) < 4.78 is 37.0. The van der Waals surface area contributed by atoms with E-state index < -0.39 is 17.2 Å². The molecule has 0 spiro atoms. The number of hydrogen-bond acceptors (Lipinski definition) is 3. The van der Waals surface area contributed by atoms with Crippen LogP contribution in [0.2, 0.25) is 5.02 Å². The predicted molar refractivity (Wildman–Crippen MR) is 45.1 cm³/mol. The van der Waals surface area contributed by atoms with E-state index in [1.807, 2.05) is 0 Å². The van der Waals surface area contributed by atoms with Gasteiger partial charge < -0.3 is 4.55 Å². The third kappa shape index (κ3) is 3.40. The van der Waals surface area contributed by atoms with Crippen molar-refractivity contribution >= 4 is 23.0 Å². The van der Waals surface area contributed by atoms with Crippen molar-refractivity contribution in [1.29, 1.82) is 0 Å². The largest absolute Gasteiger partial charge is 0.750 e. The summed E-state index contributed by atoms with van der Waals surface area (Å²) in [4.78, 5) is 0. The molecule has 0 radical (unpaired) electrons. The van der Waals surface area contributed by atoms with E-state index in [4.69, 9.17) is 11.6 Å². The minimum absolute atomic E-state index is 0.108. The molecule has 3 nitrogen and oxygen atoms in total. The Labute approximate surface area is 82.0 Å². The molecule has 72 valence electrons. The Bertz CT molecular complexity index is 332. The van der Waals surface area contributed by atoms with Crippen LogP contribution < -0.4 is 0 Å². The molecule has 1 unspecified atom stereocenters. The fraction of sp³-hybridized carbons (Fsp3) is 0.143. The summed E-state index contributed by atoms with van der Waals surface area (Å²) in [7, 11) is 0. The van der Waals surface area contributed by atoms with Crippen molar-refractivity contribution in [3.63, 3.8) is 0 Å². The number of rotatable bonds is 3. The molecule has 0 heterocycles. The predicted octanol–water partition coefficient (Wildman–Crippen LogP) is 1.79. The van der Waals surface area contributed by atoms with Crippen molar-refractivity contribution in [1.82, 2.24) is 0 Å². The maximum absolute atomic E-state index is 12.9. The molecule has 0 aliphatic heterocycles.